The SMILES string of the molecule is CCCCCC(OC(=O)C(CCCCCCO)CCCCCCO)Oc1ccc(-c2cccc(F)c2F)cc1. The monoisotopic (exact) mass is 548 g/mol. The fraction of sp³-hybridized carbons (Fsp3) is 0.594. The number of ether oxygens (including phenoxy) is 2. The molecule has 2 aromatic rings. The van der Waals surface area contributed by atoms with Crippen LogP contribution in [-0.2, 0) is 9.53 Å². The molecule has 0 saturated heterocycles. The lowest BCUT2D eigenvalue weighted by Gasteiger charge is -2.23. The first kappa shape index (κ1) is 32.7. The molecule has 218 valence electrons. The lowest BCUT2D eigenvalue weighted by molar-refractivity contribution is -0.170. The van der Waals surface area contributed by atoms with E-state index in [0.717, 1.165) is 89.5 Å². The van der Waals surface area contributed by atoms with Gasteiger partial charge in [-0.05, 0) is 55.9 Å². The van der Waals surface area contributed by atoms with E-state index in [1.54, 1.807) is 24.3 Å². The van der Waals surface area contributed by atoms with Crippen molar-refractivity contribution >= 4 is 5.97 Å². The highest BCUT2D eigenvalue weighted by atomic mass is 19.2. The van der Waals surface area contributed by atoms with Crippen molar-refractivity contribution in [3.63, 3.8) is 0 Å². The van der Waals surface area contributed by atoms with Gasteiger partial charge in [-0.15, -0.1) is 0 Å². The molecule has 0 aromatic heterocycles. The first-order chi connectivity index (χ1) is 19.0. The van der Waals surface area contributed by atoms with Crippen molar-refractivity contribution in [1.82, 2.24) is 0 Å². The Hall–Kier alpha value is -2.51. The van der Waals surface area contributed by atoms with Gasteiger partial charge >= 0.3 is 5.97 Å². The number of aliphatic hydroxyl groups excluding tert-OH is 2. The molecule has 0 amide bonds. The summed E-state index contributed by atoms with van der Waals surface area (Å²) < 4.78 is 39.8. The summed E-state index contributed by atoms with van der Waals surface area (Å²) in [6.45, 7) is 2.48. The lowest BCUT2D eigenvalue weighted by Crippen LogP contribution is -2.28. The third-order valence-corrected chi connectivity index (χ3v) is 6.93. The van der Waals surface area contributed by atoms with Gasteiger partial charge in [-0.25, -0.2) is 8.78 Å². The summed E-state index contributed by atoms with van der Waals surface area (Å²) in [5.41, 5.74) is 0.703. The number of carbonyl (C=O) groups is 1. The van der Waals surface area contributed by atoms with Crippen LogP contribution in [0.1, 0.15) is 96.8 Å². The number of benzene rings is 2. The number of halogens is 2. The summed E-state index contributed by atoms with van der Waals surface area (Å²) in [7, 11) is 0. The van der Waals surface area contributed by atoms with Gasteiger partial charge < -0.3 is 19.7 Å². The van der Waals surface area contributed by atoms with E-state index in [1.807, 2.05) is 0 Å². The Morgan fingerprint density at radius 3 is 1.95 bits per heavy atom. The number of aliphatic hydroxyl groups is 2. The van der Waals surface area contributed by atoms with Crippen molar-refractivity contribution in [1.29, 1.82) is 0 Å². The number of hydrogen-bond donors (Lipinski definition) is 2. The van der Waals surface area contributed by atoms with Gasteiger partial charge in [-0.2, -0.15) is 0 Å². The van der Waals surface area contributed by atoms with Crippen LogP contribution < -0.4 is 4.74 Å². The van der Waals surface area contributed by atoms with Gasteiger partial charge in [0.15, 0.2) is 11.6 Å². The molecule has 7 heteroatoms. The smallest absolute Gasteiger partial charge is 0.312 e. The van der Waals surface area contributed by atoms with Crippen molar-refractivity contribution in [2.75, 3.05) is 13.2 Å². The Bertz CT molecular complexity index is 921. The highest BCUT2D eigenvalue weighted by Crippen LogP contribution is 2.28. The average molecular weight is 549 g/mol. The predicted molar refractivity (Wildman–Crippen MR) is 150 cm³/mol. The van der Waals surface area contributed by atoms with Gasteiger partial charge in [-0.1, -0.05) is 82.6 Å². The Labute approximate surface area is 232 Å². The standard InChI is InChI=1S/C32H46F2O5/c1-2-3-8-18-30(38-27-21-19-25(20-22-27)28-16-13-17-29(33)31(28)34)39-32(37)26(14-9-4-6-11-23-35)15-10-5-7-12-24-36/h13,16-17,19-22,26,30,35-36H,2-12,14-15,18,23-24H2,1H3. The van der Waals surface area contributed by atoms with Crippen LogP contribution in [0.15, 0.2) is 42.5 Å². The first-order valence-electron chi connectivity index (χ1n) is 14.6. The minimum Gasteiger partial charge on any atom is -0.455 e. The van der Waals surface area contributed by atoms with Crippen molar-refractivity contribution in [2.24, 2.45) is 5.92 Å². The average Bonchev–Trinajstić information content (AvgIpc) is 2.93. The zero-order valence-electron chi connectivity index (χ0n) is 23.4. The third-order valence-electron chi connectivity index (χ3n) is 6.93. The molecule has 0 fully saturated rings. The van der Waals surface area contributed by atoms with Gasteiger partial charge in [0.25, 0.3) is 0 Å². The van der Waals surface area contributed by atoms with E-state index in [4.69, 9.17) is 19.7 Å². The van der Waals surface area contributed by atoms with Crippen LogP contribution in [-0.4, -0.2) is 35.7 Å². The largest absolute Gasteiger partial charge is 0.455 e. The van der Waals surface area contributed by atoms with Crippen LogP contribution in [0.5, 0.6) is 5.75 Å². The molecule has 2 N–H and O–H groups in total. The number of unbranched alkanes of at least 4 members (excludes halogenated alkanes) is 8. The third kappa shape index (κ3) is 12.5. The molecule has 0 spiro atoms. The Morgan fingerprint density at radius 1 is 0.769 bits per heavy atom. The number of hydrogen-bond acceptors (Lipinski definition) is 5. The van der Waals surface area contributed by atoms with Crippen LogP contribution in [0.2, 0.25) is 0 Å². The fourth-order valence-corrected chi connectivity index (χ4v) is 4.61. The minimum atomic E-state index is -0.896. The van der Waals surface area contributed by atoms with Gasteiger partial charge in [-0.3, -0.25) is 4.79 Å². The van der Waals surface area contributed by atoms with Gasteiger partial charge in [0.05, 0.1) is 5.92 Å². The highest BCUT2D eigenvalue weighted by Gasteiger charge is 2.24. The maximum atomic E-state index is 14.2. The molecule has 39 heavy (non-hydrogen) atoms. The lowest BCUT2D eigenvalue weighted by atomic mass is 9.94. The molecular formula is C32H46F2O5. The minimum absolute atomic E-state index is 0.174. The molecular weight excluding hydrogens is 502 g/mol. The summed E-state index contributed by atoms with van der Waals surface area (Å²) in [6, 6.07) is 10.8. The predicted octanol–water partition coefficient (Wildman–Crippen LogP) is 7.96. The van der Waals surface area contributed by atoms with Crippen molar-refractivity contribution in [2.45, 2.75) is 103 Å². The van der Waals surface area contributed by atoms with Crippen molar-refractivity contribution in [3.05, 3.63) is 54.1 Å². The maximum Gasteiger partial charge on any atom is 0.312 e. The molecule has 0 aliphatic carbocycles. The molecule has 1 atom stereocenters. The summed E-state index contributed by atoms with van der Waals surface area (Å²) >= 11 is 0. The molecule has 0 bridgehead atoms. The summed E-state index contributed by atoms with van der Waals surface area (Å²) in [5.74, 6) is -1.76. The van der Waals surface area contributed by atoms with Crippen LogP contribution in [0.3, 0.4) is 0 Å². The highest BCUT2D eigenvalue weighted by molar-refractivity contribution is 5.72. The van der Waals surface area contributed by atoms with E-state index in [0.29, 0.717) is 17.7 Å². The number of esters is 1. The fourth-order valence-electron chi connectivity index (χ4n) is 4.61. The second-order valence-electron chi connectivity index (χ2n) is 10.2. The van der Waals surface area contributed by atoms with Crippen molar-refractivity contribution in [3.8, 4) is 16.9 Å². The number of carbonyl (C=O) groups excluding carboxylic acids is 1. The Balaban J connectivity index is 2.05. The Morgan fingerprint density at radius 2 is 1.36 bits per heavy atom. The van der Waals surface area contributed by atoms with E-state index < -0.39 is 17.9 Å². The summed E-state index contributed by atoms with van der Waals surface area (Å²) in [4.78, 5) is 13.3. The molecule has 0 radical (unpaired) electrons. The topological polar surface area (TPSA) is 76.0 Å². The zero-order chi connectivity index (χ0) is 28.3. The first-order valence-corrected chi connectivity index (χ1v) is 14.6. The van der Waals surface area contributed by atoms with E-state index in [1.165, 1.54) is 12.1 Å². The van der Waals surface area contributed by atoms with Gasteiger partial charge in [0.2, 0.25) is 6.29 Å². The second-order valence-corrected chi connectivity index (χ2v) is 10.2. The van der Waals surface area contributed by atoms with Gasteiger partial charge in [0.1, 0.15) is 5.75 Å². The van der Waals surface area contributed by atoms with Crippen molar-refractivity contribution < 1.29 is 33.3 Å². The van der Waals surface area contributed by atoms with E-state index in [-0.39, 0.29) is 30.7 Å². The van der Waals surface area contributed by atoms with E-state index >= 15 is 0 Å². The molecule has 0 aliphatic rings. The summed E-state index contributed by atoms with van der Waals surface area (Å²) in [6.07, 6.45) is 11.3. The maximum absolute atomic E-state index is 14.2. The van der Waals surface area contributed by atoms with Crippen LogP contribution in [0.4, 0.5) is 8.78 Å². The molecule has 2 aromatic carbocycles. The molecule has 0 aliphatic heterocycles. The quantitative estimate of drug-likeness (QED) is 0.0940. The number of rotatable bonds is 21. The van der Waals surface area contributed by atoms with Crippen LogP contribution in [0.25, 0.3) is 11.1 Å². The summed E-state index contributed by atoms with van der Waals surface area (Å²) in [5, 5.41) is 18.0. The molecule has 5 nitrogen and oxygen atoms in total. The molecule has 0 saturated carbocycles. The zero-order valence-corrected chi connectivity index (χ0v) is 23.4. The van der Waals surface area contributed by atoms with E-state index in [9.17, 15) is 13.6 Å². The van der Waals surface area contributed by atoms with Crippen LogP contribution in [0, 0.1) is 17.6 Å². The molecule has 2 rings (SSSR count). The van der Waals surface area contributed by atoms with Crippen LogP contribution >= 0.6 is 0 Å². The molecule has 0 heterocycles. The van der Waals surface area contributed by atoms with E-state index in [2.05, 4.69) is 6.92 Å². The normalized spacial score (nSPS) is 12.1. The second kappa shape index (κ2) is 19.5. The van der Waals surface area contributed by atoms with Gasteiger partial charge in [0, 0.05) is 25.2 Å². The Kier molecular flexibility index (Phi) is 16.4. The molecule has 1 unspecified atom stereocenters.